The van der Waals surface area contributed by atoms with Gasteiger partial charge in [-0.15, -0.1) is 11.3 Å². The number of ether oxygens (including phenoxy) is 1. The zero-order valence-corrected chi connectivity index (χ0v) is 17.2. The Morgan fingerprint density at radius 3 is 2.93 bits per heavy atom. The Morgan fingerprint density at radius 2 is 2.20 bits per heavy atom. The summed E-state index contributed by atoms with van der Waals surface area (Å²) in [5, 5.41) is 8.73. The number of hydrogen-bond donors (Lipinski definition) is 2. The molecule has 4 rings (SSSR count). The van der Waals surface area contributed by atoms with E-state index >= 15 is 0 Å². The first-order valence-electron chi connectivity index (χ1n) is 9.42. The van der Waals surface area contributed by atoms with Crippen molar-refractivity contribution < 1.29 is 18.3 Å². The molecule has 2 aromatic heterocycles. The third-order valence-corrected chi connectivity index (χ3v) is 5.25. The number of aromatic nitrogens is 3. The van der Waals surface area contributed by atoms with Crippen LogP contribution in [0, 0.1) is 5.82 Å². The molecule has 160 valence electrons. The maximum Gasteiger partial charge on any atom is 0.275 e. The van der Waals surface area contributed by atoms with E-state index in [1.54, 1.807) is 47.7 Å². The summed E-state index contributed by atoms with van der Waals surface area (Å²) in [6.45, 7) is 0.843. The highest BCUT2D eigenvalue weighted by Gasteiger charge is 2.19. The molecule has 1 aliphatic rings. The predicted octanol–water partition coefficient (Wildman–Crippen LogP) is 3.40. The largest absolute Gasteiger partial charge is 0.378 e. The van der Waals surface area contributed by atoms with E-state index in [0.717, 1.165) is 12.8 Å². The SMILES string of the molecule is Cn1cc(NC(=O)c2csc(-c3ccccc3F)n2)cn1.NC1CCCOCC1F. The Bertz CT molecular complexity index is 968. The molecule has 0 bridgehead atoms. The van der Waals surface area contributed by atoms with Crippen LogP contribution < -0.4 is 11.1 Å². The van der Waals surface area contributed by atoms with Crippen LogP contribution >= 0.6 is 11.3 Å². The van der Waals surface area contributed by atoms with E-state index in [2.05, 4.69) is 15.4 Å². The quantitative estimate of drug-likeness (QED) is 0.658. The Hall–Kier alpha value is -2.69. The van der Waals surface area contributed by atoms with Gasteiger partial charge in [0.25, 0.3) is 5.91 Å². The van der Waals surface area contributed by atoms with Crippen molar-refractivity contribution in [3.05, 3.63) is 53.6 Å². The molecule has 1 saturated heterocycles. The maximum absolute atomic E-state index is 13.7. The standard InChI is InChI=1S/C14H11FN4OS.C6H12FNO/c1-19-7-9(6-16-19)17-13(20)12-8-21-14(18-12)10-4-2-3-5-11(10)15;7-5-4-9-3-1-2-6(5)8/h2-8H,1H3,(H,17,20);5-6H,1-4,8H2. The van der Waals surface area contributed by atoms with Crippen LogP contribution in [0.5, 0.6) is 0 Å². The molecule has 1 aromatic carbocycles. The average molecular weight is 436 g/mol. The maximum atomic E-state index is 13.7. The van der Waals surface area contributed by atoms with Crippen molar-refractivity contribution in [3.8, 4) is 10.6 Å². The van der Waals surface area contributed by atoms with Crippen LogP contribution in [0.3, 0.4) is 0 Å². The number of thiazole rings is 1. The van der Waals surface area contributed by atoms with Crippen LogP contribution in [0.1, 0.15) is 23.3 Å². The zero-order chi connectivity index (χ0) is 21.5. The van der Waals surface area contributed by atoms with Crippen molar-refractivity contribution in [2.24, 2.45) is 12.8 Å². The fourth-order valence-corrected chi connectivity index (χ4v) is 3.57. The Labute approximate surface area is 176 Å². The third kappa shape index (κ3) is 5.91. The first-order valence-corrected chi connectivity index (χ1v) is 10.3. The van der Waals surface area contributed by atoms with Gasteiger partial charge < -0.3 is 15.8 Å². The van der Waals surface area contributed by atoms with Crippen molar-refractivity contribution in [1.82, 2.24) is 14.8 Å². The van der Waals surface area contributed by atoms with Crippen molar-refractivity contribution in [1.29, 1.82) is 0 Å². The van der Waals surface area contributed by atoms with Crippen molar-refractivity contribution >= 4 is 22.9 Å². The highest BCUT2D eigenvalue weighted by Crippen LogP contribution is 2.26. The number of alkyl halides is 1. The molecule has 30 heavy (non-hydrogen) atoms. The van der Waals surface area contributed by atoms with Gasteiger partial charge in [-0.1, -0.05) is 12.1 Å². The van der Waals surface area contributed by atoms with Gasteiger partial charge in [0, 0.05) is 36.8 Å². The van der Waals surface area contributed by atoms with Crippen molar-refractivity contribution in [3.63, 3.8) is 0 Å². The Kier molecular flexibility index (Phi) is 7.61. The smallest absolute Gasteiger partial charge is 0.275 e. The van der Waals surface area contributed by atoms with Crippen LogP contribution in [-0.4, -0.2) is 46.1 Å². The van der Waals surface area contributed by atoms with Crippen molar-refractivity contribution in [2.45, 2.75) is 25.1 Å². The van der Waals surface area contributed by atoms with Gasteiger partial charge in [-0.25, -0.2) is 13.8 Å². The summed E-state index contributed by atoms with van der Waals surface area (Å²) in [6.07, 6.45) is 3.92. The summed E-state index contributed by atoms with van der Waals surface area (Å²) in [5.74, 6) is -0.701. The number of benzene rings is 1. The lowest BCUT2D eigenvalue weighted by molar-refractivity contribution is 0.0923. The number of amides is 1. The molecule has 0 saturated carbocycles. The number of carbonyl (C=O) groups is 1. The number of anilines is 1. The van der Waals surface area contributed by atoms with E-state index < -0.39 is 6.17 Å². The van der Waals surface area contributed by atoms with Gasteiger partial charge in [-0.05, 0) is 25.0 Å². The van der Waals surface area contributed by atoms with Crippen LogP contribution in [-0.2, 0) is 11.8 Å². The van der Waals surface area contributed by atoms with E-state index in [1.807, 2.05) is 0 Å². The molecule has 3 aromatic rings. The number of nitrogens with zero attached hydrogens (tertiary/aromatic N) is 3. The lowest BCUT2D eigenvalue weighted by Crippen LogP contribution is -2.32. The summed E-state index contributed by atoms with van der Waals surface area (Å²) in [5.41, 5.74) is 6.65. The number of aryl methyl sites for hydroxylation is 1. The Balaban J connectivity index is 0.000000239. The number of nitrogens with one attached hydrogen (secondary N) is 1. The van der Waals surface area contributed by atoms with Gasteiger partial charge in [0.05, 0.1) is 18.5 Å². The zero-order valence-electron chi connectivity index (χ0n) is 16.4. The minimum Gasteiger partial charge on any atom is -0.378 e. The molecule has 7 nitrogen and oxygen atoms in total. The molecule has 10 heteroatoms. The van der Waals surface area contributed by atoms with Crippen LogP contribution in [0.2, 0.25) is 0 Å². The lowest BCUT2D eigenvalue weighted by Gasteiger charge is -2.10. The number of rotatable bonds is 3. The summed E-state index contributed by atoms with van der Waals surface area (Å²) >= 11 is 1.23. The van der Waals surface area contributed by atoms with Crippen LogP contribution in [0.4, 0.5) is 14.5 Å². The molecule has 0 aliphatic carbocycles. The summed E-state index contributed by atoms with van der Waals surface area (Å²) in [6, 6.07) is 6.05. The minimum atomic E-state index is -0.951. The molecule has 0 spiro atoms. The highest BCUT2D eigenvalue weighted by molar-refractivity contribution is 7.13. The molecule has 1 fully saturated rings. The van der Waals surface area contributed by atoms with E-state index in [-0.39, 0.29) is 30.1 Å². The summed E-state index contributed by atoms with van der Waals surface area (Å²) in [7, 11) is 1.76. The second kappa shape index (κ2) is 10.4. The number of hydrogen-bond acceptors (Lipinski definition) is 6. The van der Waals surface area contributed by atoms with Gasteiger partial charge in [0.2, 0.25) is 0 Å². The monoisotopic (exact) mass is 435 g/mol. The fourth-order valence-electron chi connectivity index (χ4n) is 2.74. The molecular weight excluding hydrogens is 412 g/mol. The molecule has 3 heterocycles. The molecule has 2 unspecified atom stereocenters. The molecule has 1 aliphatic heterocycles. The summed E-state index contributed by atoms with van der Waals surface area (Å²) < 4.78 is 32.8. The first kappa shape index (κ1) is 22.0. The number of nitrogens with two attached hydrogens (primary N) is 1. The highest BCUT2D eigenvalue weighted by atomic mass is 32.1. The average Bonchev–Trinajstić information content (AvgIpc) is 3.33. The van der Waals surface area contributed by atoms with Crippen LogP contribution in [0.25, 0.3) is 10.6 Å². The fraction of sp³-hybridized carbons (Fsp3) is 0.350. The van der Waals surface area contributed by atoms with Gasteiger partial charge in [-0.2, -0.15) is 5.10 Å². The van der Waals surface area contributed by atoms with Gasteiger partial charge in [-0.3, -0.25) is 9.48 Å². The van der Waals surface area contributed by atoms with Gasteiger partial charge >= 0.3 is 0 Å². The summed E-state index contributed by atoms with van der Waals surface area (Å²) in [4.78, 5) is 16.2. The molecule has 0 radical (unpaired) electrons. The van der Waals surface area contributed by atoms with E-state index in [1.165, 1.54) is 17.4 Å². The molecular formula is C20H23F2N5O2S. The molecule has 1 amide bonds. The molecule has 2 atom stereocenters. The second-order valence-electron chi connectivity index (χ2n) is 6.77. The van der Waals surface area contributed by atoms with E-state index in [0.29, 0.717) is 22.9 Å². The predicted molar refractivity (Wildman–Crippen MR) is 112 cm³/mol. The lowest BCUT2D eigenvalue weighted by atomic mass is 10.1. The first-order chi connectivity index (χ1) is 14.4. The Morgan fingerprint density at radius 1 is 1.40 bits per heavy atom. The second-order valence-corrected chi connectivity index (χ2v) is 7.63. The minimum absolute atomic E-state index is 0.182. The van der Waals surface area contributed by atoms with Crippen molar-refractivity contribution in [2.75, 3.05) is 18.5 Å². The van der Waals surface area contributed by atoms with Gasteiger partial charge in [0.1, 0.15) is 22.7 Å². The van der Waals surface area contributed by atoms with Crippen LogP contribution in [0.15, 0.2) is 42.0 Å². The normalized spacial score (nSPS) is 18.8. The topological polar surface area (TPSA) is 95.1 Å². The van der Waals surface area contributed by atoms with Gasteiger partial charge in [0.15, 0.2) is 0 Å². The van der Waals surface area contributed by atoms with E-state index in [9.17, 15) is 13.6 Å². The molecule has 3 N–H and O–H groups in total. The number of halogens is 2. The third-order valence-electron chi connectivity index (χ3n) is 4.37. The number of carbonyl (C=O) groups excluding carboxylic acids is 1. The van der Waals surface area contributed by atoms with E-state index in [4.69, 9.17) is 10.5 Å².